The van der Waals surface area contributed by atoms with Gasteiger partial charge in [-0.1, -0.05) is 0 Å². The zero-order valence-corrected chi connectivity index (χ0v) is 7.67. The summed E-state index contributed by atoms with van der Waals surface area (Å²) in [7, 11) is 2.02. The Morgan fingerprint density at radius 1 is 1.67 bits per heavy atom. The molecule has 1 aromatic heterocycles. The molecule has 66 valence electrons. The molecule has 1 saturated heterocycles. The minimum Gasteiger partial charge on any atom is -0.309 e. The van der Waals surface area contributed by atoms with E-state index in [4.69, 9.17) is 0 Å². The third-order valence-corrected chi connectivity index (χ3v) is 2.46. The van der Waals surface area contributed by atoms with Crippen molar-refractivity contribution in [2.75, 3.05) is 6.54 Å². The molecule has 2 heterocycles. The molecule has 0 saturated carbocycles. The molecule has 0 spiro atoms. The lowest BCUT2D eigenvalue weighted by Crippen LogP contribution is -2.16. The fraction of sp³-hybridized carbons (Fsp3) is 0.667. The number of aryl methyl sites for hydroxylation is 2. The van der Waals surface area contributed by atoms with Crippen LogP contribution in [-0.4, -0.2) is 16.3 Å². The van der Waals surface area contributed by atoms with Crippen molar-refractivity contribution in [2.24, 2.45) is 7.05 Å². The third kappa shape index (κ3) is 1.25. The molecule has 0 aliphatic carbocycles. The number of hydrogen-bond acceptors (Lipinski definition) is 2. The van der Waals surface area contributed by atoms with Crippen LogP contribution in [0.3, 0.4) is 0 Å². The van der Waals surface area contributed by atoms with E-state index in [0.29, 0.717) is 6.04 Å². The van der Waals surface area contributed by atoms with Crippen LogP contribution in [0.1, 0.15) is 30.3 Å². The van der Waals surface area contributed by atoms with Crippen LogP contribution in [0.15, 0.2) is 6.07 Å². The lowest BCUT2D eigenvalue weighted by atomic mass is 10.1. The van der Waals surface area contributed by atoms with Gasteiger partial charge in [-0.3, -0.25) is 4.68 Å². The van der Waals surface area contributed by atoms with Gasteiger partial charge in [0.25, 0.3) is 0 Å². The van der Waals surface area contributed by atoms with Crippen LogP contribution in [0.2, 0.25) is 0 Å². The highest BCUT2D eigenvalue weighted by Crippen LogP contribution is 2.22. The maximum atomic E-state index is 4.33. The van der Waals surface area contributed by atoms with E-state index in [1.165, 1.54) is 18.5 Å². The van der Waals surface area contributed by atoms with Gasteiger partial charge in [-0.15, -0.1) is 0 Å². The van der Waals surface area contributed by atoms with Crippen LogP contribution in [-0.2, 0) is 7.05 Å². The van der Waals surface area contributed by atoms with Crippen LogP contribution in [0.5, 0.6) is 0 Å². The highest BCUT2D eigenvalue weighted by molar-refractivity contribution is 5.13. The van der Waals surface area contributed by atoms with E-state index < -0.39 is 0 Å². The summed E-state index contributed by atoms with van der Waals surface area (Å²) >= 11 is 0. The summed E-state index contributed by atoms with van der Waals surface area (Å²) in [6, 6.07) is 2.71. The molecule has 1 N–H and O–H groups in total. The highest BCUT2D eigenvalue weighted by atomic mass is 15.3. The molecule has 3 heteroatoms. The summed E-state index contributed by atoms with van der Waals surface area (Å²) in [5.74, 6) is 0. The van der Waals surface area contributed by atoms with Crippen molar-refractivity contribution in [1.82, 2.24) is 15.1 Å². The summed E-state index contributed by atoms with van der Waals surface area (Å²) in [6.45, 7) is 3.19. The second-order valence-electron chi connectivity index (χ2n) is 3.48. The standard InChI is InChI=1S/C9H15N3/c1-7-6-9(12(2)11-7)8-4-3-5-10-8/h6,8,10H,3-5H2,1-2H3/t8-/m0/s1. The molecule has 2 rings (SSSR count). The second-order valence-corrected chi connectivity index (χ2v) is 3.48. The number of rotatable bonds is 1. The van der Waals surface area contributed by atoms with Crippen molar-refractivity contribution >= 4 is 0 Å². The van der Waals surface area contributed by atoms with Crippen LogP contribution in [0.25, 0.3) is 0 Å². The van der Waals surface area contributed by atoms with Crippen LogP contribution in [0, 0.1) is 6.92 Å². The summed E-state index contributed by atoms with van der Waals surface area (Å²) in [6.07, 6.45) is 2.54. The van der Waals surface area contributed by atoms with Gasteiger partial charge in [-0.25, -0.2) is 0 Å². The van der Waals surface area contributed by atoms with Crippen LogP contribution >= 0.6 is 0 Å². The molecule has 1 aliphatic heterocycles. The van der Waals surface area contributed by atoms with Gasteiger partial charge in [-0.05, 0) is 32.4 Å². The van der Waals surface area contributed by atoms with E-state index in [1.54, 1.807) is 0 Å². The van der Waals surface area contributed by atoms with Crippen LogP contribution in [0.4, 0.5) is 0 Å². The Morgan fingerprint density at radius 2 is 2.50 bits per heavy atom. The second kappa shape index (κ2) is 2.90. The van der Waals surface area contributed by atoms with Gasteiger partial charge in [0.15, 0.2) is 0 Å². The molecule has 1 atom stereocenters. The zero-order chi connectivity index (χ0) is 8.55. The Kier molecular flexibility index (Phi) is 1.89. The van der Waals surface area contributed by atoms with E-state index >= 15 is 0 Å². The molecule has 0 amide bonds. The molecule has 0 radical (unpaired) electrons. The molecule has 3 nitrogen and oxygen atoms in total. The Balaban J connectivity index is 2.25. The highest BCUT2D eigenvalue weighted by Gasteiger charge is 2.19. The van der Waals surface area contributed by atoms with Crippen molar-refractivity contribution in [3.63, 3.8) is 0 Å². The Bertz CT molecular complexity index is 271. The molecule has 1 fully saturated rings. The first kappa shape index (κ1) is 7.80. The van der Waals surface area contributed by atoms with Crippen molar-refractivity contribution in [2.45, 2.75) is 25.8 Å². The lowest BCUT2D eigenvalue weighted by Gasteiger charge is -2.09. The first-order valence-corrected chi connectivity index (χ1v) is 4.51. The van der Waals surface area contributed by atoms with E-state index in [-0.39, 0.29) is 0 Å². The van der Waals surface area contributed by atoms with Gasteiger partial charge < -0.3 is 5.32 Å². The molecule has 0 aromatic carbocycles. The van der Waals surface area contributed by atoms with E-state index in [2.05, 4.69) is 16.5 Å². The monoisotopic (exact) mass is 165 g/mol. The predicted octanol–water partition coefficient (Wildman–Crippen LogP) is 1.15. The quantitative estimate of drug-likeness (QED) is 0.676. The first-order valence-electron chi connectivity index (χ1n) is 4.51. The fourth-order valence-electron chi connectivity index (χ4n) is 1.89. The smallest absolute Gasteiger partial charge is 0.0597 e. The maximum absolute atomic E-state index is 4.33. The van der Waals surface area contributed by atoms with Gasteiger partial charge in [0.05, 0.1) is 11.4 Å². The Morgan fingerprint density at radius 3 is 3.00 bits per heavy atom. The largest absolute Gasteiger partial charge is 0.309 e. The van der Waals surface area contributed by atoms with E-state index in [0.717, 1.165) is 12.2 Å². The van der Waals surface area contributed by atoms with Gasteiger partial charge in [-0.2, -0.15) is 5.10 Å². The minimum atomic E-state index is 0.538. The maximum Gasteiger partial charge on any atom is 0.0597 e. The molecule has 0 bridgehead atoms. The number of aromatic nitrogens is 2. The number of nitrogens with one attached hydrogen (secondary N) is 1. The lowest BCUT2D eigenvalue weighted by molar-refractivity contribution is 0.573. The molecule has 1 aromatic rings. The molecular formula is C9H15N3. The number of hydrogen-bond donors (Lipinski definition) is 1. The summed E-state index contributed by atoms with van der Waals surface area (Å²) in [5, 5.41) is 7.80. The fourth-order valence-corrected chi connectivity index (χ4v) is 1.89. The van der Waals surface area contributed by atoms with E-state index in [1.807, 2.05) is 18.7 Å². The zero-order valence-electron chi connectivity index (χ0n) is 7.67. The number of nitrogens with zero attached hydrogens (tertiary/aromatic N) is 2. The van der Waals surface area contributed by atoms with Gasteiger partial charge in [0.2, 0.25) is 0 Å². The van der Waals surface area contributed by atoms with Gasteiger partial charge in [0, 0.05) is 13.1 Å². The average Bonchev–Trinajstić information content (AvgIpc) is 2.58. The third-order valence-electron chi connectivity index (χ3n) is 2.46. The van der Waals surface area contributed by atoms with Gasteiger partial charge >= 0.3 is 0 Å². The Labute approximate surface area is 72.8 Å². The summed E-state index contributed by atoms with van der Waals surface area (Å²) < 4.78 is 1.98. The van der Waals surface area contributed by atoms with Crippen molar-refractivity contribution in [3.05, 3.63) is 17.5 Å². The first-order chi connectivity index (χ1) is 5.77. The van der Waals surface area contributed by atoms with Crippen molar-refractivity contribution in [1.29, 1.82) is 0 Å². The van der Waals surface area contributed by atoms with Crippen molar-refractivity contribution in [3.8, 4) is 0 Å². The SMILES string of the molecule is Cc1cc([C@@H]2CCCN2)n(C)n1. The predicted molar refractivity (Wildman–Crippen MR) is 47.9 cm³/mol. The molecule has 1 aliphatic rings. The summed E-state index contributed by atoms with van der Waals surface area (Å²) in [4.78, 5) is 0. The van der Waals surface area contributed by atoms with Crippen molar-refractivity contribution < 1.29 is 0 Å². The Hall–Kier alpha value is -0.830. The molecule has 0 unspecified atom stereocenters. The minimum absolute atomic E-state index is 0.538. The topological polar surface area (TPSA) is 29.9 Å². The molecular weight excluding hydrogens is 150 g/mol. The van der Waals surface area contributed by atoms with E-state index in [9.17, 15) is 0 Å². The normalized spacial score (nSPS) is 23.3. The van der Waals surface area contributed by atoms with Gasteiger partial charge in [0.1, 0.15) is 0 Å². The molecule has 12 heavy (non-hydrogen) atoms. The van der Waals surface area contributed by atoms with Crippen LogP contribution < -0.4 is 5.32 Å². The average molecular weight is 165 g/mol. The summed E-state index contributed by atoms with van der Waals surface area (Å²) in [5.41, 5.74) is 2.44.